The molecule has 0 radical (unpaired) electrons. The molecule has 1 aromatic carbocycles. The Morgan fingerprint density at radius 3 is 2.62 bits per heavy atom. The third kappa shape index (κ3) is 4.99. The number of hydrogen-bond acceptors (Lipinski definition) is 3. The van der Waals surface area contributed by atoms with Gasteiger partial charge in [0, 0.05) is 29.2 Å². The minimum Gasteiger partial charge on any atom is -0.468 e. The summed E-state index contributed by atoms with van der Waals surface area (Å²) in [4.78, 5) is 2.26. The van der Waals surface area contributed by atoms with Crippen molar-refractivity contribution in [3.8, 4) is 0 Å². The molecule has 0 bridgehead atoms. The number of nitrogens with one attached hydrogen (secondary N) is 1. The van der Waals surface area contributed by atoms with Crippen LogP contribution in [0.5, 0.6) is 0 Å². The summed E-state index contributed by atoms with van der Waals surface area (Å²) < 4.78 is 6.79. The van der Waals surface area contributed by atoms with E-state index in [9.17, 15) is 0 Å². The number of halogens is 1. The summed E-state index contributed by atoms with van der Waals surface area (Å²) in [5.74, 6) is 1.04. The summed E-state index contributed by atoms with van der Waals surface area (Å²) >= 11 is 3.60. The quantitative estimate of drug-likeness (QED) is 0.812. The van der Waals surface area contributed by atoms with Crippen LogP contribution >= 0.6 is 15.9 Å². The van der Waals surface area contributed by atoms with Crippen LogP contribution in [0.3, 0.4) is 0 Å². The van der Waals surface area contributed by atoms with E-state index in [1.165, 1.54) is 11.1 Å². The van der Waals surface area contributed by atoms with Gasteiger partial charge in [0.05, 0.1) is 12.8 Å². The van der Waals surface area contributed by atoms with E-state index in [0.717, 1.165) is 29.9 Å². The van der Waals surface area contributed by atoms with Gasteiger partial charge in [-0.25, -0.2) is 0 Å². The van der Waals surface area contributed by atoms with Crippen molar-refractivity contribution in [2.24, 2.45) is 0 Å². The number of rotatable bonds is 7. The normalized spacial score (nSPS) is 11.5. The molecule has 0 atom stereocenters. The first kappa shape index (κ1) is 16.3. The molecule has 1 N–H and O–H groups in total. The lowest BCUT2D eigenvalue weighted by atomic mass is 10.2. The lowest BCUT2D eigenvalue weighted by molar-refractivity contribution is 0.285. The van der Waals surface area contributed by atoms with Crippen LogP contribution in [0.1, 0.15) is 30.7 Å². The number of nitrogens with zero attached hydrogens (tertiary/aromatic N) is 1. The zero-order valence-electron chi connectivity index (χ0n) is 12.9. The van der Waals surface area contributed by atoms with E-state index in [-0.39, 0.29) is 0 Å². The summed E-state index contributed by atoms with van der Waals surface area (Å²) in [5.41, 5.74) is 2.52. The molecule has 0 saturated carbocycles. The summed E-state index contributed by atoms with van der Waals surface area (Å²) in [5, 5.41) is 3.43. The molecule has 1 heterocycles. The third-order valence-electron chi connectivity index (χ3n) is 3.35. The molecular formula is C17H23BrN2O. The zero-order valence-corrected chi connectivity index (χ0v) is 14.5. The van der Waals surface area contributed by atoms with Gasteiger partial charge in [0.15, 0.2) is 0 Å². The van der Waals surface area contributed by atoms with Crippen molar-refractivity contribution in [1.29, 1.82) is 0 Å². The van der Waals surface area contributed by atoms with Gasteiger partial charge >= 0.3 is 0 Å². The first-order valence-electron chi connectivity index (χ1n) is 7.27. The third-order valence-corrected chi connectivity index (χ3v) is 4.12. The van der Waals surface area contributed by atoms with E-state index < -0.39 is 0 Å². The van der Waals surface area contributed by atoms with Gasteiger partial charge in [0.2, 0.25) is 0 Å². The lowest BCUT2D eigenvalue weighted by Crippen LogP contribution is -2.23. The van der Waals surface area contributed by atoms with Gasteiger partial charge in [-0.05, 0) is 24.7 Å². The van der Waals surface area contributed by atoms with Crippen molar-refractivity contribution in [3.63, 3.8) is 0 Å². The van der Waals surface area contributed by atoms with Crippen LogP contribution in [-0.4, -0.2) is 18.0 Å². The monoisotopic (exact) mass is 350 g/mol. The standard InChI is InChI=1S/C17H23BrN2O/c1-13(2)19-10-14-8-9-21-17(14)12-20(3)11-15-6-4-5-7-16(15)18/h4-9,13,19H,10-12H2,1-3H3. The van der Waals surface area contributed by atoms with E-state index in [2.05, 4.69) is 71.3 Å². The lowest BCUT2D eigenvalue weighted by Gasteiger charge is -2.17. The molecule has 114 valence electrons. The van der Waals surface area contributed by atoms with Gasteiger partial charge < -0.3 is 9.73 Å². The van der Waals surface area contributed by atoms with Crippen molar-refractivity contribution in [2.75, 3.05) is 7.05 Å². The maximum atomic E-state index is 5.64. The van der Waals surface area contributed by atoms with E-state index in [1.54, 1.807) is 6.26 Å². The maximum Gasteiger partial charge on any atom is 0.122 e. The highest BCUT2D eigenvalue weighted by atomic mass is 79.9. The highest BCUT2D eigenvalue weighted by Gasteiger charge is 2.11. The molecule has 0 aliphatic rings. The number of furan rings is 1. The van der Waals surface area contributed by atoms with Crippen LogP contribution in [-0.2, 0) is 19.6 Å². The van der Waals surface area contributed by atoms with Crippen LogP contribution in [0.25, 0.3) is 0 Å². The van der Waals surface area contributed by atoms with Gasteiger partial charge in [0.25, 0.3) is 0 Å². The van der Waals surface area contributed by atoms with Crippen LogP contribution in [0, 0.1) is 0 Å². The summed E-state index contributed by atoms with van der Waals surface area (Å²) in [7, 11) is 2.11. The van der Waals surface area contributed by atoms with Crippen LogP contribution in [0.2, 0.25) is 0 Å². The molecule has 3 nitrogen and oxygen atoms in total. The molecule has 0 amide bonds. The first-order chi connectivity index (χ1) is 10.1. The molecule has 0 fully saturated rings. The molecule has 0 aliphatic heterocycles. The molecule has 4 heteroatoms. The smallest absolute Gasteiger partial charge is 0.122 e. The molecule has 1 aromatic heterocycles. The van der Waals surface area contributed by atoms with Crippen molar-refractivity contribution in [1.82, 2.24) is 10.2 Å². The van der Waals surface area contributed by atoms with Crippen molar-refractivity contribution < 1.29 is 4.42 Å². The summed E-state index contributed by atoms with van der Waals surface area (Å²) in [6, 6.07) is 10.9. The molecule has 2 rings (SSSR count). The van der Waals surface area contributed by atoms with Crippen molar-refractivity contribution in [2.45, 2.75) is 39.5 Å². The van der Waals surface area contributed by atoms with Crippen LogP contribution in [0.4, 0.5) is 0 Å². The van der Waals surface area contributed by atoms with Gasteiger partial charge in [-0.2, -0.15) is 0 Å². The van der Waals surface area contributed by atoms with E-state index in [0.29, 0.717) is 6.04 Å². The Hall–Kier alpha value is -1.10. The first-order valence-corrected chi connectivity index (χ1v) is 8.06. The summed E-state index contributed by atoms with van der Waals surface area (Å²) in [6.45, 7) is 6.85. The molecule has 0 aliphatic carbocycles. The molecule has 21 heavy (non-hydrogen) atoms. The predicted molar refractivity (Wildman–Crippen MR) is 90.0 cm³/mol. The SMILES string of the molecule is CC(C)NCc1ccoc1CN(C)Cc1ccccc1Br. The van der Waals surface area contributed by atoms with E-state index in [1.807, 2.05) is 6.07 Å². The van der Waals surface area contributed by atoms with E-state index in [4.69, 9.17) is 4.42 Å². The highest BCUT2D eigenvalue weighted by molar-refractivity contribution is 9.10. The average Bonchev–Trinajstić information content (AvgIpc) is 2.86. The Morgan fingerprint density at radius 2 is 1.90 bits per heavy atom. The Kier molecular flexibility index (Phi) is 6.03. The van der Waals surface area contributed by atoms with Gasteiger partial charge in [-0.15, -0.1) is 0 Å². The predicted octanol–water partition coefficient (Wildman–Crippen LogP) is 4.17. The minimum atomic E-state index is 0.478. The topological polar surface area (TPSA) is 28.4 Å². The highest BCUT2D eigenvalue weighted by Crippen LogP contribution is 2.19. The summed E-state index contributed by atoms with van der Waals surface area (Å²) in [6.07, 6.45) is 1.78. The molecule has 0 saturated heterocycles. The van der Waals surface area contributed by atoms with Crippen LogP contribution < -0.4 is 5.32 Å². The van der Waals surface area contributed by atoms with Gasteiger partial charge in [0.1, 0.15) is 5.76 Å². The molecule has 2 aromatic rings. The fourth-order valence-corrected chi connectivity index (χ4v) is 2.61. The molecule has 0 unspecified atom stereocenters. The second-order valence-electron chi connectivity index (χ2n) is 5.67. The van der Waals surface area contributed by atoms with Crippen LogP contribution in [0.15, 0.2) is 45.5 Å². The Balaban J connectivity index is 1.95. The second-order valence-corrected chi connectivity index (χ2v) is 6.52. The average molecular weight is 351 g/mol. The van der Waals surface area contributed by atoms with Crippen molar-refractivity contribution >= 4 is 15.9 Å². The second kappa shape index (κ2) is 7.78. The Labute approximate surface area is 135 Å². The largest absolute Gasteiger partial charge is 0.468 e. The fourth-order valence-electron chi connectivity index (χ4n) is 2.20. The number of benzene rings is 1. The van der Waals surface area contributed by atoms with Gasteiger partial charge in [-0.1, -0.05) is 48.0 Å². The molecule has 0 spiro atoms. The Morgan fingerprint density at radius 1 is 1.14 bits per heavy atom. The maximum absolute atomic E-state index is 5.64. The van der Waals surface area contributed by atoms with E-state index >= 15 is 0 Å². The zero-order chi connectivity index (χ0) is 15.2. The van der Waals surface area contributed by atoms with Crippen molar-refractivity contribution in [3.05, 3.63) is 58.0 Å². The van der Waals surface area contributed by atoms with Gasteiger partial charge in [-0.3, -0.25) is 4.90 Å². The molecular weight excluding hydrogens is 328 g/mol. The Bertz CT molecular complexity index is 565. The number of hydrogen-bond donors (Lipinski definition) is 1. The fraction of sp³-hybridized carbons (Fsp3) is 0.412. The minimum absolute atomic E-state index is 0.478.